The van der Waals surface area contributed by atoms with Gasteiger partial charge >= 0.3 is 0 Å². The maximum Gasteiger partial charge on any atom is 0.263 e. The molecule has 1 aliphatic rings. The van der Waals surface area contributed by atoms with E-state index in [0.717, 1.165) is 5.56 Å². The van der Waals surface area contributed by atoms with Crippen molar-refractivity contribution >= 4 is 29.0 Å². The maximum atomic E-state index is 12.3. The SMILES string of the molecule is NC(=S)c1cccc(CN2C(=O)c3ccncc3C2=O)c1. The van der Waals surface area contributed by atoms with Crippen LogP contribution in [-0.2, 0) is 6.54 Å². The van der Waals surface area contributed by atoms with E-state index >= 15 is 0 Å². The first kappa shape index (κ1) is 13.4. The molecule has 104 valence electrons. The predicted octanol–water partition coefficient (Wildman–Crippen LogP) is 1.51. The van der Waals surface area contributed by atoms with E-state index in [2.05, 4.69) is 4.98 Å². The second-order valence-corrected chi connectivity index (χ2v) is 5.12. The number of pyridine rings is 1. The number of imide groups is 1. The molecule has 21 heavy (non-hydrogen) atoms. The summed E-state index contributed by atoms with van der Waals surface area (Å²) in [7, 11) is 0. The van der Waals surface area contributed by atoms with Crippen molar-refractivity contribution in [2.75, 3.05) is 0 Å². The Labute approximate surface area is 126 Å². The number of carbonyl (C=O) groups excluding carboxylic acids is 2. The molecule has 3 rings (SSSR count). The number of benzene rings is 1. The Morgan fingerprint density at radius 1 is 1.19 bits per heavy atom. The van der Waals surface area contributed by atoms with Crippen molar-refractivity contribution in [3.8, 4) is 0 Å². The first-order valence-corrected chi connectivity index (χ1v) is 6.67. The predicted molar refractivity (Wildman–Crippen MR) is 80.8 cm³/mol. The highest BCUT2D eigenvalue weighted by Crippen LogP contribution is 2.23. The number of nitrogens with zero attached hydrogens (tertiary/aromatic N) is 2. The van der Waals surface area contributed by atoms with Gasteiger partial charge < -0.3 is 5.73 Å². The lowest BCUT2D eigenvalue weighted by Crippen LogP contribution is -2.29. The van der Waals surface area contributed by atoms with Gasteiger partial charge in [-0.15, -0.1) is 0 Å². The fourth-order valence-electron chi connectivity index (χ4n) is 2.28. The molecule has 2 N–H and O–H groups in total. The van der Waals surface area contributed by atoms with Crippen molar-refractivity contribution < 1.29 is 9.59 Å². The van der Waals surface area contributed by atoms with E-state index in [1.165, 1.54) is 17.3 Å². The third-order valence-electron chi connectivity index (χ3n) is 3.32. The van der Waals surface area contributed by atoms with Gasteiger partial charge in [-0.25, -0.2) is 0 Å². The molecule has 2 amide bonds. The number of hydrogen-bond donors (Lipinski definition) is 1. The Bertz CT molecular complexity index is 738. The summed E-state index contributed by atoms with van der Waals surface area (Å²) in [6.45, 7) is 0.183. The molecule has 0 bridgehead atoms. The van der Waals surface area contributed by atoms with Gasteiger partial charge in [0.1, 0.15) is 4.99 Å². The number of thiocarbonyl (C=S) groups is 1. The molecular weight excluding hydrogens is 286 g/mol. The van der Waals surface area contributed by atoms with E-state index in [9.17, 15) is 9.59 Å². The summed E-state index contributed by atoms with van der Waals surface area (Å²) in [5.41, 5.74) is 7.82. The van der Waals surface area contributed by atoms with Crippen LogP contribution in [0.2, 0.25) is 0 Å². The molecule has 0 unspecified atom stereocenters. The second kappa shape index (κ2) is 5.06. The summed E-state index contributed by atoms with van der Waals surface area (Å²) >= 11 is 4.93. The van der Waals surface area contributed by atoms with Crippen LogP contribution in [0.1, 0.15) is 31.8 Å². The number of carbonyl (C=O) groups is 2. The number of nitrogens with two attached hydrogens (primary N) is 1. The average Bonchev–Trinajstić information content (AvgIpc) is 2.73. The molecule has 6 heteroatoms. The molecule has 0 radical (unpaired) electrons. The van der Waals surface area contributed by atoms with Gasteiger partial charge in [0.05, 0.1) is 17.7 Å². The number of amides is 2. The molecule has 0 atom stereocenters. The van der Waals surface area contributed by atoms with E-state index in [0.29, 0.717) is 16.7 Å². The quantitative estimate of drug-likeness (QED) is 0.686. The van der Waals surface area contributed by atoms with Crippen molar-refractivity contribution in [1.82, 2.24) is 9.88 Å². The fraction of sp³-hybridized carbons (Fsp3) is 0.0667. The Balaban J connectivity index is 1.90. The van der Waals surface area contributed by atoms with Gasteiger partial charge in [0.2, 0.25) is 0 Å². The van der Waals surface area contributed by atoms with E-state index in [1.54, 1.807) is 24.3 Å². The van der Waals surface area contributed by atoms with Crippen molar-refractivity contribution in [3.63, 3.8) is 0 Å². The summed E-state index contributed by atoms with van der Waals surface area (Å²) in [4.78, 5) is 29.9. The van der Waals surface area contributed by atoms with Gasteiger partial charge in [0.15, 0.2) is 0 Å². The zero-order valence-electron chi connectivity index (χ0n) is 10.9. The topological polar surface area (TPSA) is 76.3 Å². The van der Waals surface area contributed by atoms with Gasteiger partial charge in [-0.2, -0.15) is 0 Å². The van der Waals surface area contributed by atoms with E-state index in [4.69, 9.17) is 18.0 Å². The van der Waals surface area contributed by atoms with Crippen molar-refractivity contribution in [2.24, 2.45) is 5.73 Å². The highest BCUT2D eigenvalue weighted by molar-refractivity contribution is 7.80. The molecule has 1 aliphatic heterocycles. The zero-order valence-corrected chi connectivity index (χ0v) is 11.8. The summed E-state index contributed by atoms with van der Waals surface area (Å²) in [6.07, 6.45) is 2.92. The molecule has 2 aromatic rings. The molecular formula is C15H11N3O2S. The number of hydrogen-bond acceptors (Lipinski definition) is 4. The smallest absolute Gasteiger partial charge is 0.263 e. The van der Waals surface area contributed by atoms with Crippen LogP contribution in [-0.4, -0.2) is 26.7 Å². The summed E-state index contributed by atoms with van der Waals surface area (Å²) in [5, 5.41) is 0. The van der Waals surface area contributed by atoms with E-state index in [-0.39, 0.29) is 23.3 Å². The average molecular weight is 297 g/mol. The molecule has 2 heterocycles. The normalized spacial score (nSPS) is 13.4. The van der Waals surface area contributed by atoms with E-state index < -0.39 is 0 Å². The molecule has 5 nitrogen and oxygen atoms in total. The summed E-state index contributed by atoms with van der Waals surface area (Å²) in [5.74, 6) is -0.637. The highest BCUT2D eigenvalue weighted by atomic mass is 32.1. The third kappa shape index (κ3) is 2.30. The molecule has 0 spiro atoms. The third-order valence-corrected chi connectivity index (χ3v) is 3.56. The van der Waals surface area contributed by atoms with E-state index in [1.807, 2.05) is 6.07 Å². The van der Waals surface area contributed by atoms with Crippen LogP contribution in [0.5, 0.6) is 0 Å². The Kier molecular flexibility index (Phi) is 3.23. The highest BCUT2D eigenvalue weighted by Gasteiger charge is 2.35. The Morgan fingerprint density at radius 3 is 2.67 bits per heavy atom. The lowest BCUT2D eigenvalue weighted by Gasteiger charge is -2.14. The fourth-order valence-corrected chi connectivity index (χ4v) is 2.41. The molecule has 0 saturated heterocycles. The van der Waals surface area contributed by atoms with Gasteiger partial charge in [-0.3, -0.25) is 19.5 Å². The molecule has 1 aromatic carbocycles. The lowest BCUT2D eigenvalue weighted by molar-refractivity contribution is 0.0642. The van der Waals surface area contributed by atoms with Crippen LogP contribution in [0.25, 0.3) is 0 Å². The largest absolute Gasteiger partial charge is 0.389 e. The first-order valence-electron chi connectivity index (χ1n) is 6.27. The minimum Gasteiger partial charge on any atom is -0.389 e. The first-order chi connectivity index (χ1) is 10.1. The number of aromatic nitrogens is 1. The summed E-state index contributed by atoms with van der Waals surface area (Å²) in [6, 6.07) is 8.75. The van der Waals surface area contributed by atoms with Crippen LogP contribution in [0.15, 0.2) is 42.7 Å². The second-order valence-electron chi connectivity index (χ2n) is 4.68. The molecule has 1 aromatic heterocycles. The minimum atomic E-state index is -0.330. The molecule has 0 saturated carbocycles. The Morgan fingerprint density at radius 2 is 1.95 bits per heavy atom. The minimum absolute atomic E-state index is 0.183. The van der Waals surface area contributed by atoms with Gasteiger partial charge in [0, 0.05) is 18.0 Å². The van der Waals surface area contributed by atoms with Crippen molar-refractivity contribution in [3.05, 3.63) is 65.0 Å². The Hall–Kier alpha value is -2.60. The monoisotopic (exact) mass is 297 g/mol. The van der Waals surface area contributed by atoms with Gasteiger partial charge in [-0.05, 0) is 17.7 Å². The van der Waals surface area contributed by atoms with Crippen LogP contribution in [0, 0.1) is 0 Å². The lowest BCUT2D eigenvalue weighted by atomic mass is 10.1. The summed E-state index contributed by atoms with van der Waals surface area (Å²) < 4.78 is 0. The van der Waals surface area contributed by atoms with Gasteiger partial charge in [-0.1, -0.05) is 30.4 Å². The van der Waals surface area contributed by atoms with Crippen LogP contribution in [0.3, 0.4) is 0 Å². The van der Waals surface area contributed by atoms with Gasteiger partial charge in [0.25, 0.3) is 11.8 Å². The standard InChI is InChI=1S/C15H11N3O2S/c16-13(21)10-3-1-2-9(6-10)8-18-14(19)11-4-5-17-7-12(11)15(18)20/h1-7H,8H2,(H2,16,21). The number of rotatable bonds is 3. The molecule has 0 fully saturated rings. The zero-order chi connectivity index (χ0) is 15.0. The van der Waals surface area contributed by atoms with Crippen LogP contribution < -0.4 is 5.73 Å². The van der Waals surface area contributed by atoms with Crippen LogP contribution in [0.4, 0.5) is 0 Å². The van der Waals surface area contributed by atoms with Crippen molar-refractivity contribution in [1.29, 1.82) is 0 Å². The van der Waals surface area contributed by atoms with Crippen LogP contribution >= 0.6 is 12.2 Å². The number of fused-ring (bicyclic) bond motifs is 1. The van der Waals surface area contributed by atoms with Crippen molar-refractivity contribution in [2.45, 2.75) is 6.54 Å². The molecule has 0 aliphatic carbocycles. The maximum absolute atomic E-state index is 12.3.